The monoisotopic (exact) mass is 524 g/mol. The van der Waals surface area contributed by atoms with E-state index in [-0.39, 0.29) is 36.3 Å². The normalized spacial score (nSPS) is 16.2. The molecule has 8 nitrogen and oxygen atoms in total. The Hall–Kier alpha value is -4.54. The Morgan fingerprint density at radius 1 is 1.11 bits per heavy atom. The van der Waals surface area contributed by atoms with Crippen molar-refractivity contribution in [2.45, 2.75) is 26.1 Å². The van der Waals surface area contributed by atoms with Crippen molar-refractivity contribution >= 4 is 11.8 Å². The number of carbonyl (C=O) groups is 2. The Balaban J connectivity index is 1.54. The van der Waals surface area contributed by atoms with Gasteiger partial charge in [-0.3, -0.25) is 24.1 Å². The van der Waals surface area contributed by atoms with E-state index in [2.05, 4.69) is 5.32 Å². The van der Waals surface area contributed by atoms with Gasteiger partial charge in [-0.1, -0.05) is 42.5 Å². The fourth-order valence-corrected chi connectivity index (χ4v) is 4.41. The SMILES string of the molecule is CC1C=CCN2CN1C(=O)c1c(OCc3ccccc3)c(=O)c(C(=O)NCc3c(F)cc(F)cc3F)cn12. The van der Waals surface area contributed by atoms with Gasteiger partial charge in [0.15, 0.2) is 11.4 Å². The first-order valence-corrected chi connectivity index (χ1v) is 11.9. The number of aromatic nitrogens is 1. The second kappa shape index (κ2) is 10.1. The molecule has 11 heteroatoms. The van der Waals surface area contributed by atoms with Crippen LogP contribution in [0.4, 0.5) is 13.2 Å². The van der Waals surface area contributed by atoms with Gasteiger partial charge in [-0.05, 0) is 12.5 Å². The number of pyridine rings is 1. The molecule has 2 aliphatic heterocycles. The molecule has 0 aliphatic carbocycles. The lowest BCUT2D eigenvalue weighted by atomic mass is 10.1. The average Bonchev–Trinajstić information content (AvgIpc) is 3.06. The molecule has 1 atom stereocenters. The van der Waals surface area contributed by atoms with Gasteiger partial charge < -0.3 is 15.0 Å². The fourth-order valence-electron chi connectivity index (χ4n) is 4.41. The number of amides is 2. The standard InChI is InChI=1S/C27H23F3N4O4/c1-16-6-5-9-32-15-33(16)27(37)23-25(38-14-17-7-3-2-4-8-17)24(35)20(13-34(23)32)26(36)31-12-19-21(29)10-18(28)11-22(19)30/h2-8,10-11,13,16H,9,12,14-15H2,1H3,(H,31,36). The molecule has 196 valence electrons. The molecule has 3 aromatic rings. The van der Waals surface area contributed by atoms with Gasteiger partial charge >= 0.3 is 0 Å². The number of benzene rings is 2. The lowest BCUT2D eigenvalue weighted by molar-refractivity contribution is 0.0656. The summed E-state index contributed by atoms with van der Waals surface area (Å²) in [6.07, 6.45) is 4.96. The van der Waals surface area contributed by atoms with Crippen LogP contribution >= 0.6 is 0 Å². The highest BCUT2D eigenvalue weighted by Crippen LogP contribution is 2.26. The van der Waals surface area contributed by atoms with E-state index >= 15 is 0 Å². The molecule has 1 aromatic heterocycles. The maximum Gasteiger partial charge on any atom is 0.278 e. The number of carbonyl (C=O) groups excluding carboxylic acids is 2. The largest absolute Gasteiger partial charge is 0.482 e. The highest BCUT2D eigenvalue weighted by Gasteiger charge is 2.37. The number of halogens is 3. The zero-order valence-electron chi connectivity index (χ0n) is 20.3. The van der Waals surface area contributed by atoms with Crippen molar-refractivity contribution in [2.75, 3.05) is 18.2 Å². The van der Waals surface area contributed by atoms with Gasteiger partial charge in [0, 0.05) is 36.5 Å². The molecule has 0 spiro atoms. The molecule has 5 rings (SSSR count). The second-order valence-corrected chi connectivity index (χ2v) is 8.97. The highest BCUT2D eigenvalue weighted by molar-refractivity contribution is 5.99. The van der Waals surface area contributed by atoms with Gasteiger partial charge in [0.1, 0.15) is 36.3 Å². The quantitative estimate of drug-likeness (QED) is 0.502. The van der Waals surface area contributed by atoms with E-state index in [1.807, 2.05) is 25.1 Å². The van der Waals surface area contributed by atoms with Crippen molar-refractivity contribution in [3.05, 3.63) is 111 Å². The third kappa shape index (κ3) is 4.62. The number of rotatable bonds is 6. The van der Waals surface area contributed by atoms with Crippen LogP contribution in [-0.4, -0.2) is 40.6 Å². The number of hydrogen-bond donors (Lipinski definition) is 1. The van der Waals surface area contributed by atoms with Crippen LogP contribution in [0.15, 0.2) is 65.6 Å². The lowest BCUT2D eigenvalue weighted by Crippen LogP contribution is -2.55. The number of hydrogen-bond acceptors (Lipinski definition) is 5. The van der Waals surface area contributed by atoms with Crippen LogP contribution in [-0.2, 0) is 13.2 Å². The molecule has 1 unspecified atom stereocenters. The van der Waals surface area contributed by atoms with Crippen LogP contribution in [0, 0.1) is 17.5 Å². The number of fused-ring (bicyclic) bond motifs is 4. The third-order valence-electron chi connectivity index (χ3n) is 6.45. The zero-order valence-corrected chi connectivity index (χ0v) is 20.3. The van der Waals surface area contributed by atoms with Gasteiger partial charge in [-0.15, -0.1) is 0 Å². The minimum Gasteiger partial charge on any atom is -0.482 e. The summed E-state index contributed by atoms with van der Waals surface area (Å²) in [5.74, 6) is -5.13. The fraction of sp³-hybridized carbons (Fsp3) is 0.222. The van der Waals surface area contributed by atoms with Crippen molar-refractivity contribution in [1.82, 2.24) is 14.9 Å². The van der Waals surface area contributed by atoms with Crippen LogP contribution in [0.1, 0.15) is 38.9 Å². The number of nitrogens with one attached hydrogen (secondary N) is 1. The van der Waals surface area contributed by atoms with Crippen molar-refractivity contribution in [3.63, 3.8) is 0 Å². The summed E-state index contributed by atoms with van der Waals surface area (Å²) in [6, 6.07) is 9.74. The maximum atomic E-state index is 14.1. The Bertz CT molecular complexity index is 1480. The summed E-state index contributed by atoms with van der Waals surface area (Å²) in [6.45, 7) is 1.77. The minimum atomic E-state index is -1.17. The molecule has 0 fully saturated rings. The van der Waals surface area contributed by atoms with Crippen LogP contribution in [0.5, 0.6) is 5.75 Å². The van der Waals surface area contributed by atoms with Crippen molar-refractivity contribution in [2.24, 2.45) is 0 Å². The summed E-state index contributed by atoms with van der Waals surface area (Å²) in [5.41, 5.74) is -1.09. The van der Waals surface area contributed by atoms with Crippen LogP contribution in [0.3, 0.4) is 0 Å². The predicted octanol–water partition coefficient (Wildman–Crippen LogP) is 3.08. The van der Waals surface area contributed by atoms with E-state index in [4.69, 9.17) is 4.74 Å². The molecule has 38 heavy (non-hydrogen) atoms. The van der Waals surface area contributed by atoms with E-state index in [9.17, 15) is 27.6 Å². The van der Waals surface area contributed by atoms with Gasteiger partial charge in [0.2, 0.25) is 5.43 Å². The first-order chi connectivity index (χ1) is 18.2. The zero-order chi connectivity index (χ0) is 27.0. The van der Waals surface area contributed by atoms with E-state index in [0.29, 0.717) is 18.7 Å². The predicted molar refractivity (Wildman–Crippen MR) is 132 cm³/mol. The van der Waals surface area contributed by atoms with Gasteiger partial charge in [0.25, 0.3) is 11.8 Å². The van der Waals surface area contributed by atoms with Crippen molar-refractivity contribution < 1.29 is 27.5 Å². The molecule has 2 aromatic carbocycles. The third-order valence-corrected chi connectivity index (χ3v) is 6.45. The molecule has 2 aliphatic rings. The van der Waals surface area contributed by atoms with Crippen LogP contribution in [0.25, 0.3) is 0 Å². The Kier molecular flexibility index (Phi) is 6.66. The molecular weight excluding hydrogens is 501 g/mol. The molecule has 0 radical (unpaired) electrons. The topological polar surface area (TPSA) is 83.9 Å². The Morgan fingerprint density at radius 2 is 1.82 bits per heavy atom. The van der Waals surface area contributed by atoms with Gasteiger partial charge in [-0.25, -0.2) is 13.2 Å². The Morgan fingerprint density at radius 3 is 2.53 bits per heavy atom. The van der Waals surface area contributed by atoms with Crippen molar-refractivity contribution in [3.8, 4) is 5.75 Å². The minimum absolute atomic E-state index is 0.0279. The lowest BCUT2D eigenvalue weighted by Gasteiger charge is -2.40. The molecule has 0 saturated heterocycles. The Labute approximate surface area is 215 Å². The van der Waals surface area contributed by atoms with Gasteiger partial charge in [-0.2, -0.15) is 0 Å². The summed E-state index contributed by atoms with van der Waals surface area (Å²) in [5, 5.41) is 4.06. The van der Waals surface area contributed by atoms with E-state index in [0.717, 1.165) is 5.56 Å². The molecular formula is C27H23F3N4O4. The first kappa shape index (κ1) is 25.1. The summed E-state index contributed by atoms with van der Waals surface area (Å²) >= 11 is 0. The van der Waals surface area contributed by atoms with Crippen molar-refractivity contribution in [1.29, 1.82) is 0 Å². The first-order valence-electron chi connectivity index (χ1n) is 11.9. The molecule has 1 N–H and O–H groups in total. The maximum absolute atomic E-state index is 14.1. The second-order valence-electron chi connectivity index (χ2n) is 8.97. The molecule has 2 amide bonds. The summed E-state index contributed by atoms with van der Waals surface area (Å²) in [4.78, 5) is 41.7. The van der Waals surface area contributed by atoms with Crippen LogP contribution < -0.4 is 20.5 Å². The van der Waals surface area contributed by atoms with Crippen LogP contribution in [0.2, 0.25) is 0 Å². The van der Waals surface area contributed by atoms with Gasteiger partial charge in [0.05, 0.1) is 6.54 Å². The number of nitrogens with zero attached hydrogens (tertiary/aromatic N) is 3. The summed E-state index contributed by atoms with van der Waals surface area (Å²) in [7, 11) is 0. The van der Waals surface area contributed by atoms with E-state index in [1.165, 1.54) is 10.9 Å². The molecule has 2 bridgehead atoms. The van der Waals surface area contributed by atoms with E-state index < -0.39 is 46.8 Å². The number of ether oxygens (including phenoxy) is 1. The highest BCUT2D eigenvalue weighted by atomic mass is 19.1. The summed E-state index contributed by atoms with van der Waals surface area (Å²) < 4.78 is 48.7. The smallest absolute Gasteiger partial charge is 0.278 e. The molecule has 3 heterocycles. The van der Waals surface area contributed by atoms with E-state index in [1.54, 1.807) is 34.2 Å². The molecule has 0 saturated carbocycles. The average molecular weight is 524 g/mol.